The van der Waals surface area contributed by atoms with Gasteiger partial charge in [-0.2, -0.15) is 0 Å². The van der Waals surface area contributed by atoms with Crippen LogP contribution in [-0.4, -0.2) is 44.2 Å². The van der Waals surface area contributed by atoms with Crippen LogP contribution in [0.3, 0.4) is 0 Å². The monoisotopic (exact) mass is 344 g/mol. The minimum absolute atomic E-state index is 0.111. The van der Waals surface area contributed by atoms with E-state index in [4.69, 9.17) is 0 Å². The first kappa shape index (κ1) is 16.6. The van der Waals surface area contributed by atoms with Gasteiger partial charge in [0, 0.05) is 43.1 Å². The second-order valence-electron chi connectivity index (χ2n) is 5.64. The van der Waals surface area contributed by atoms with Crippen molar-refractivity contribution in [3.8, 4) is 0 Å². The van der Waals surface area contributed by atoms with Gasteiger partial charge < -0.3 is 10.6 Å². The van der Waals surface area contributed by atoms with Crippen LogP contribution in [0.4, 0.5) is 5.95 Å². The SMILES string of the molecule is CNc1ncc(C(=O)NC2CCC(Sc3ncccn3)CC2)cn1. The maximum absolute atomic E-state index is 12.2. The summed E-state index contributed by atoms with van der Waals surface area (Å²) >= 11 is 1.72. The van der Waals surface area contributed by atoms with Crippen LogP contribution >= 0.6 is 11.8 Å². The predicted octanol–water partition coefficient (Wildman–Crippen LogP) is 2.14. The normalized spacial score (nSPS) is 20.4. The van der Waals surface area contributed by atoms with E-state index >= 15 is 0 Å². The minimum Gasteiger partial charge on any atom is -0.357 e. The van der Waals surface area contributed by atoms with Gasteiger partial charge in [0.2, 0.25) is 5.95 Å². The van der Waals surface area contributed by atoms with Gasteiger partial charge in [0.15, 0.2) is 5.16 Å². The van der Waals surface area contributed by atoms with Crippen molar-refractivity contribution in [3.63, 3.8) is 0 Å². The Balaban J connectivity index is 1.47. The molecule has 2 aromatic heterocycles. The van der Waals surface area contributed by atoms with Crippen molar-refractivity contribution < 1.29 is 4.79 Å². The minimum atomic E-state index is -0.111. The maximum atomic E-state index is 12.2. The number of amides is 1. The van der Waals surface area contributed by atoms with Crippen molar-refractivity contribution in [2.75, 3.05) is 12.4 Å². The fourth-order valence-electron chi connectivity index (χ4n) is 2.66. The first-order valence-electron chi connectivity index (χ1n) is 7.99. The lowest BCUT2D eigenvalue weighted by molar-refractivity contribution is 0.0927. The predicted molar refractivity (Wildman–Crippen MR) is 93.0 cm³/mol. The molecule has 126 valence electrons. The number of hydrogen-bond acceptors (Lipinski definition) is 7. The zero-order valence-corrected chi connectivity index (χ0v) is 14.3. The van der Waals surface area contributed by atoms with E-state index < -0.39 is 0 Å². The fourth-order valence-corrected chi connectivity index (χ4v) is 3.71. The van der Waals surface area contributed by atoms with E-state index in [0.717, 1.165) is 30.8 Å². The molecule has 2 aromatic rings. The highest BCUT2D eigenvalue weighted by atomic mass is 32.2. The number of carbonyl (C=O) groups is 1. The Bertz CT molecular complexity index is 658. The van der Waals surface area contributed by atoms with Crippen LogP contribution in [0.1, 0.15) is 36.0 Å². The Kier molecular flexibility index (Phi) is 5.58. The Morgan fingerprint density at radius 2 is 1.75 bits per heavy atom. The van der Waals surface area contributed by atoms with E-state index in [0.29, 0.717) is 16.8 Å². The summed E-state index contributed by atoms with van der Waals surface area (Å²) < 4.78 is 0. The summed E-state index contributed by atoms with van der Waals surface area (Å²) in [5.41, 5.74) is 0.489. The third kappa shape index (κ3) is 4.41. The van der Waals surface area contributed by atoms with Gasteiger partial charge in [-0.1, -0.05) is 11.8 Å². The molecule has 1 aliphatic carbocycles. The third-order valence-electron chi connectivity index (χ3n) is 3.96. The number of anilines is 1. The Labute approximate surface area is 145 Å². The van der Waals surface area contributed by atoms with E-state index in [9.17, 15) is 4.79 Å². The lowest BCUT2D eigenvalue weighted by Gasteiger charge is -2.28. The molecule has 1 aliphatic rings. The molecule has 0 spiro atoms. The van der Waals surface area contributed by atoms with Gasteiger partial charge in [-0.25, -0.2) is 19.9 Å². The highest BCUT2D eigenvalue weighted by Gasteiger charge is 2.24. The molecule has 8 heteroatoms. The Morgan fingerprint density at radius 3 is 2.38 bits per heavy atom. The largest absolute Gasteiger partial charge is 0.357 e. The summed E-state index contributed by atoms with van der Waals surface area (Å²) in [5.74, 6) is 0.396. The number of hydrogen-bond donors (Lipinski definition) is 2. The molecule has 0 bridgehead atoms. The number of nitrogens with one attached hydrogen (secondary N) is 2. The fraction of sp³-hybridized carbons (Fsp3) is 0.438. The summed E-state index contributed by atoms with van der Waals surface area (Å²) in [6, 6.07) is 2.03. The van der Waals surface area contributed by atoms with E-state index in [2.05, 4.69) is 30.6 Å². The van der Waals surface area contributed by atoms with Crippen LogP contribution in [0.2, 0.25) is 0 Å². The molecular weight excluding hydrogens is 324 g/mol. The molecule has 0 aliphatic heterocycles. The zero-order chi connectivity index (χ0) is 16.8. The van der Waals surface area contributed by atoms with Gasteiger partial charge in [-0.15, -0.1) is 0 Å². The standard InChI is InChI=1S/C16H20N6OS/c1-17-15-20-9-11(10-21-15)14(23)22-12-3-5-13(6-4-12)24-16-18-7-2-8-19-16/h2,7-10,12-13H,3-6H2,1H3,(H,22,23)(H,17,20,21). The van der Waals surface area contributed by atoms with Gasteiger partial charge in [0.25, 0.3) is 5.91 Å². The highest BCUT2D eigenvalue weighted by molar-refractivity contribution is 7.99. The van der Waals surface area contributed by atoms with Crippen LogP contribution in [0.25, 0.3) is 0 Å². The lowest BCUT2D eigenvalue weighted by atomic mass is 9.95. The van der Waals surface area contributed by atoms with Crippen molar-refractivity contribution in [2.45, 2.75) is 42.1 Å². The van der Waals surface area contributed by atoms with Gasteiger partial charge >= 0.3 is 0 Å². The maximum Gasteiger partial charge on any atom is 0.254 e. The van der Waals surface area contributed by atoms with Crippen molar-refractivity contribution in [2.24, 2.45) is 0 Å². The number of aromatic nitrogens is 4. The molecular formula is C16H20N6OS. The molecule has 0 radical (unpaired) electrons. The van der Waals surface area contributed by atoms with Gasteiger partial charge in [0.05, 0.1) is 5.56 Å². The number of carbonyl (C=O) groups excluding carboxylic acids is 1. The number of thioether (sulfide) groups is 1. The van der Waals surface area contributed by atoms with E-state index in [1.807, 2.05) is 6.07 Å². The summed E-state index contributed by atoms with van der Waals surface area (Å²) in [4.78, 5) is 28.9. The lowest BCUT2D eigenvalue weighted by Crippen LogP contribution is -2.38. The van der Waals surface area contributed by atoms with Gasteiger partial charge in [-0.05, 0) is 31.7 Å². The van der Waals surface area contributed by atoms with Crippen LogP contribution < -0.4 is 10.6 Å². The molecule has 0 aromatic carbocycles. The number of rotatable bonds is 5. The van der Waals surface area contributed by atoms with Crippen LogP contribution in [0.15, 0.2) is 36.0 Å². The first-order valence-corrected chi connectivity index (χ1v) is 8.87. The van der Waals surface area contributed by atoms with Crippen LogP contribution in [0.5, 0.6) is 0 Å². The quantitative estimate of drug-likeness (QED) is 0.803. The smallest absolute Gasteiger partial charge is 0.254 e. The highest BCUT2D eigenvalue weighted by Crippen LogP contribution is 2.31. The second kappa shape index (κ2) is 8.05. The zero-order valence-electron chi connectivity index (χ0n) is 13.5. The first-order chi connectivity index (χ1) is 11.7. The van der Waals surface area contributed by atoms with E-state index in [1.54, 1.807) is 43.6 Å². The topological polar surface area (TPSA) is 92.7 Å². The summed E-state index contributed by atoms with van der Waals surface area (Å²) in [6.07, 6.45) is 10.6. The van der Waals surface area contributed by atoms with Gasteiger partial charge in [-0.3, -0.25) is 4.79 Å². The molecule has 3 rings (SSSR count). The number of nitrogens with zero attached hydrogens (tertiary/aromatic N) is 4. The van der Waals surface area contributed by atoms with Gasteiger partial charge in [0.1, 0.15) is 0 Å². The molecule has 24 heavy (non-hydrogen) atoms. The molecule has 1 saturated carbocycles. The molecule has 0 atom stereocenters. The summed E-state index contributed by atoms with van der Waals surface area (Å²) in [6.45, 7) is 0. The van der Waals surface area contributed by atoms with E-state index in [1.165, 1.54) is 0 Å². The van der Waals surface area contributed by atoms with Crippen molar-refractivity contribution in [1.29, 1.82) is 0 Å². The summed E-state index contributed by atoms with van der Waals surface area (Å²) in [7, 11) is 1.74. The molecule has 7 nitrogen and oxygen atoms in total. The van der Waals surface area contributed by atoms with Crippen molar-refractivity contribution >= 4 is 23.6 Å². The van der Waals surface area contributed by atoms with Crippen molar-refractivity contribution in [1.82, 2.24) is 25.3 Å². The van der Waals surface area contributed by atoms with Crippen LogP contribution in [-0.2, 0) is 0 Å². The molecule has 0 unspecified atom stereocenters. The molecule has 1 amide bonds. The Hall–Kier alpha value is -2.22. The molecule has 2 N–H and O–H groups in total. The summed E-state index contributed by atoms with van der Waals surface area (Å²) in [5, 5.41) is 7.25. The van der Waals surface area contributed by atoms with Crippen LogP contribution in [0, 0.1) is 0 Å². The molecule has 0 saturated heterocycles. The Morgan fingerprint density at radius 1 is 1.08 bits per heavy atom. The van der Waals surface area contributed by atoms with Crippen molar-refractivity contribution in [3.05, 3.63) is 36.4 Å². The second-order valence-corrected chi connectivity index (χ2v) is 6.91. The third-order valence-corrected chi connectivity index (χ3v) is 5.19. The average Bonchev–Trinajstić information content (AvgIpc) is 2.64. The average molecular weight is 344 g/mol. The molecule has 1 fully saturated rings. The van der Waals surface area contributed by atoms with E-state index in [-0.39, 0.29) is 11.9 Å². The molecule has 2 heterocycles.